The third kappa shape index (κ3) is 4.70. The van der Waals surface area contributed by atoms with Crippen molar-refractivity contribution < 1.29 is 9.47 Å². The van der Waals surface area contributed by atoms with Crippen LogP contribution in [0.15, 0.2) is 30.3 Å². The molecule has 0 radical (unpaired) electrons. The molecule has 3 fully saturated rings. The van der Waals surface area contributed by atoms with E-state index < -0.39 is 0 Å². The highest BCUT2D eigenvalue weighted by molar-refractivity contribution is 5.57. The van der Waals surface area contributed by atoms with E-state index in [1.54, 1.807) is 0 Å². The average Bonchev–Trinajstić information content (AvgIpc) is 2.85. The zero-order valence-corrected chi connectivity index (χ0v) is 18.4. The van der Waals surface area contributed by atoms with E-state index in [0.29, 0.717) is 0 Å². The minimum atomic E-state index is 0.732. The largest absolute Gasteiger partial charge is 0.378 e. The Labute approximate surface area is 184 Å². The number of benzene rings is 1. The van der Waals surface area contributed by atoms with Gasteiger partial charge in [0, 0.05) is 64.1 Å². The summed E-state index contributed by atoms with van der Waals surface area (Å²) in [5.41, 5.74) is 2.60. The predicted molar refractivity (Wildman–Crippen MR) is 124 cm³/mol. The summed E-state index contributed by atoms with van der Waals surface area (Å²) in [6.07, 6.45) is 0. The zero-order valence-electron chi connectivity index (χ0n) is 18.4. The summed E-state index contributed by atoms with van der Waals surface area (Å²) in [5, 5.41) is 0. The normalized spacial score (nSPS) is 20.3. The average molecular weight is 425 g/mol. The Hall–Kier alpha value is -2.58. The van der Waals surface area contributed by atoms with Crippen LogP contribution in [0.1, 0.15) is 5.56 Å². The molecule has 166 valence electrons. The first-order chi connectivity index (χ1) is 15.3. The van der Waals surface area contributed by atoms with Crippen molar-refractivity contribution in [3.8, 4) is 0 Å². The number of hydrogen-bond acceptors (Lipinski definition) is 8. The number of ether oxygens (including phenoxy) is 2. The van der Waals surface area contributed by atoms with Crippen molar-refractivity contribution in [3.05, 3.63) is 35.9 Å². The molecule has 0 aliphatic carbocycles. The molecule has 8 nitrogen and oxygen atoms in total. The van der Waals surface area contributed by atoms with Crippen LogP contribution in [0.5, 0.6) is 0 Å². The number of anilines is 4. The molecule has 0 bridgehead atoms. The van der Waals surface area contributed by atoms with E-state index in [1.165, 1.54) is 11.3 Å². The standard InChI is InChI=1S/C23H32N6O2/c1-19-2-4-20(5-3-19)26-6-8-27(9-7-26)21-18-22(28-10-14-30-15-11-28)25-23(24-21)29-12-16-31-17-13-29/h2-5,18H,6-17H2,1H3. The molecule has 4 heterocycles. The molecule has 0 unspecified atom stereocenters. The zero-order chi connectivity index (χ0) is 21.0. The van der Waals surface area contributed by atoms with Crippen LogP contribution >= 0.6 is 0 Å². The van der Waals surface area contributed by atoms with E-state index in [1.807, 2.05) is 0 Å². The van der Waals surface area contributed by atoms with Gasteiger partial charge in [-0.2, -0.15) is 9.97 Å². The van der Waals surface area contributed by atoms with Gasteiger partial charge < -0.3 is 29.1 Å². The lowest BCUT2D eigenvalue weighted by Crippen LogP contribution is -2.47. The summed E-state index contributed by atoms with van der Waals surface area (Å²) in [6.45, 7) is 12.4. The first-order valence-corrected chi connectivity index (χ1v) is 11.4. The van der Waals surface area contributed by atoms with Gasteiger partial charge in [-0.05, 0) is 19.1 Å². The van der Waals surface area contributed by atoms with Crippen LogP contribution in [0.25, 0.3) is 0 Å². The molecule has 1 aromatic heterocycles. The Morgan fingerprint density at radius 2 is 1.10 bits per heavy atom. The molecule has 2 aromatic rings. The summed E-state index contributed by atoms with van der Waals surface area (Å²) >= 11 is 0. The van der Waals surface area contributed by atoms with Gasteiger partial charge in [-0.15, -0.1) is 0 Å². The Morgan fingerprint density at radius 1 is 0.613 bits per heavy atom. The summed E-state index contributed by atoms with van der Waals surface area (Å²) in [5.74, 6) is 2.86. The van der Waals surface area contributed by atoms with Gasteiger partial charge >= 0.3 is 0 Å². The van der Waals surface area contributed by atoms with Crippen molar-refractivity contribution in [1.29, 1.82) is 0 Å². The van der Waals surface area contributed by atoms with Crippen LogP contribution in [0.2, 0.25) is 0 Å². The summed E-state index contributed by atoms with van der Waals surface area (Å²) in [4.78, 5) is 19.4. The molecule has 0 N–H and O–H groups in total. The smallest absolute Gasteiger partial charge is 0.229 e. The highest BCUT2D eigenvalue weighted by Gasteiger charge is 2.24. The molecular weight excluding hydrogens is 392 g/mol. The number of piperazine rings is 1. The van der Waals surface area contributed by atoms with Crippen molar-refractivity contribution in [2.45, 2.75) is 6.92 Å². The maximum Gasteiger partial charge on any atom is 0.229 e. The van der Waals surface area contributed by atoms with Crippen molar-refractivity contribution in [2.24, 2.45) is 0 Å². The maximum absolute atomic E-state index is 5.55. The van der Waals surface area contributed by atoms with Crippen LogP contribution in [0, 0.1) is 6.92 Å². The molecule has 0 spiro atoms. The quantitative estimate of drug-likeness (QED) is 0.736. The molecule has 3 aliphatic rings. The Morgan fingerprint density at radius 3 is 1.68 bits per heavy atom. The fourth-order valence-corrected chi connectivity index (χ4v) is 4.38. The fourth-order valence-electron chi connectivity index (χ4n) is 4.38. The molecule has 3 aliphatic heterocycles. The van der Waals surface area contributed by atoms with E-state index in [0.717, 1.165) is 96.4 Å². The molecule has 0 saturated carbocycles. The number of nitrogens with zero attached hydrogens (tertiary/aromatic N) is 6. The molecule has 0 amide bonds. The van der Waals surface area contributed by atoms with Crippen LogP contribution in [-0.4, -0.2) is 88.8 Å². The van der Waals surface area contributed by atoms with Crippen molar-refractivity contribution >= 4 is 23.3 Å². The van der Waals surface area contributed by atoms with Crippen LogP contribution < -0.4 is 19.6 Å². The SMILES string of the molecule is Cc1ccc(N2CCN(c3cc(N4CCOCC4)nc(N4CCOCC4)n3)CC2)cc1. The Bertz CT molecular complexity index is 821. The third-order valence-electron chi connectivity index (χ3n) is 6.32. The van der Waals surface area contributed by atoms with Gasteiger partial charge in [-0.3, -0.25) is 0 Å². The molecule has 8 heteroatoms. The fraction of sp³-hybridized carbons (Fsp3) is 0.565. The number of aromatic nitrogens is 2. The molecule has 0 atom stereocenters. The van der Waals surface area contributed by atoms with E-state index in [2.05, 4.69) is 56.9 Å². The number of rotatable bonds is 4. The highest BCUT2D eigenvalue weighted by Crippen LogP contribution is 2.26. The lowest BCUT2D eigenvalue weighted by Gasteiger charge is -2.38. The number of aryl methyl sites for hydroxylation is 1. The maximum atomic E-state index is 5.55. The summed E-state index contributed by atoms with van der Waals surface area (Å²) in [7, 11) is 0. The monoisotopic (exact) mass is 424 g/mol. The lowest BCUT2D eigenvalue weighted by atomic mass is 10.2. The summed E-state index contributed by atoms with van der Waals surface area (Å²) < 4.78 is 11.1. The number of morpholine rings is 2. The topological polar surface area (TPSA) is 57.2 Å². The van der Waals surface area contributed by atoms with Crippen LogP contribution in [-0.2, 0) is 9.47 Å². The van der Waals surface area contributed by atoms with Gasteiger partial charge in [0.15, 0.2) is 0 Å². The second-order valence-electron chi connectivity index (χ2n) is 8.39. The molecule has 5 rings (SSSR count). The molecule has 31 heavy (non-hydrogen) atoms. The van der Waals surface area contributed by atoms with E-state index in [4.69, 9.17) is 19.4 Å². The molecular formula is C23H32N6O2. The minimum absolute atomic E-state index is 0.732. The highest BCUT2D eigenvalue weighted by atomic mass is 16.5. The van der Waals surface area contributed by atoms with Crippen molar-refractivity contribution in [3.63, 3.8) is 0 Å². The van der Waals surface area contributed by atoms with E-state index in [-0.39, 0.29) is 0 Å². The second-order valence-corrected chi connectivity index (χ2v) is 8.39. The Kier molecular flexibility index (Phi) is 6.08. The van der Waals surface area contributed by atoms with E-state index >= 15 is 0 Å². The van der Waals surface area contributed by atoms with Gasteiger partial charge in [-0.25, -0.2) is 0 Å². The molecule has 1 aromatic carbocycles. The first-order valence-electron chi connectivity index (χ1n) is 11.4. The second kappa shape index (κ2) is 9.28. The van der Waals surface area contributed by atoms with Gasteiger partial charge in [0.25, 0.3) is 0 Å². The third-order valence-corrected chi connectivity index (χ3v) is 6.32. The number of hydrogen-bond donors (Lipinski definition) is 0. The van der Waals surface area contributed by atoms with Gasteiger partial charge in [0.1, 0.15) is 11.6 Å². The van der Waals surface area contributed by atoms with Gasteiger partial charge in [0.05, 0.1) is 26.4 Å². The van der Waals surface area contributed by atoms with Crippen LogP contribution in [0.3, 0.4) is 0 Å². The van der Waals surface area contributed by atoms with Gasteiger partial charge in [0.2, 0.25) is 5.95 Å². The van der Waals surface area contributed by atoms with Gasteiger partial charge in [-0.1, -0.05) is 17.7 Å². The first kappa shape index (κ1) is 20.3. The van der Waals surface area contributed by atoms with E-state index in [9.17, 15) is 0 Å². The van der Waals surface area contributed by atoms with Crippen molar-refractivity contribution in [1.82, 2.24) is 9.97 Å². The Balaban J connectivity index is 1.35. The van der Waals surface area contributed by atoms with Crippen LogP contribution in [0.4, 0.5) is 23.3 Å². The lowest BCUT2D eigenvalue weighted by molar-refractivity contribution is 0.121. The minimum Gasteiger partial charge on any atom is -0.378 e. The molecule has 3 saturated heterocycles. The predicted octanol–water partition coefficient (Wildman–Crippen LogP) is 1.78. The van der Waals surface area contributed by atoms with Crippen molar-refractivity contribution in [2.75, 3.05) is 98.4 Å². The summed E-state index contributed by atoms with van der Waals surface area (Å²) in [6, 6.07) is 11.0.